The molecule has 1 amide bonds. The first kappa shape index (κ1) is 23.9. The number of pyridine rings is 1. The van der Waals surface area contributed by atoms with E-state index in [0.717, 1.165) is 58.7 Å². The summed E-state index contributed by atoms with van der Waals surface area (Å²) in [4.78, 5) is 37.4. The van der Waals surface area contributed by atoms with Crippen LogP contribution in [0, 0.1) is 0 Å². The number of thiazole rings is 1. The van der Waals surface area contributed by atoms with E-state index in [4.69, 9.17) is 14.5 Å². The van der Waals surface area contributed by atoms with Gasteiger partial charge in [0, 0.05) is 47.1 Å². The van der Waals surface area contributed by atoms with Gasteiger partial charge in [0.15, 0.2) is 11.7 Å². The molecule has 8 nitrogen and oxygen atoms in total. The van der Waals surface area contributed by atoms with Gasteiger partial charge < -0.3 is 9.47 Å². The molecule has 3 heterocycles. The lowest BCUT2D eigenvalue weighted by Crippen LogP contribution is -2.32. The van der Waals surface area contributed by atoms with Crippen molar-refractivity contribution in [2.75, 3.05) is 32.1 Å². The third-order valence-corrected chi connectivity index (χ3v) is 6.98. The number of nitrogens with zero attached hydrogens (tertiary/aromatic N) is 3. The second-order valence-corrected chi connectivity index (χ2v) is 9.30. The number of ether oxygens (including phenoxy) is 2. The molecule has 9 heteroatoms. The third kappa shape index (κ3) is 4.93. The van der Waals surface area contributed by atoms with E-state index in [1.165, 1.54) is 11.3 Å². The topological polar surface area (TPSA) is 93.7 Å². The number of nitrogens with one attached hydrogen (secondary N) is 1. The molecule has 0 fully saturated rings. The normalized spacial score (nSPS) is 13.3. The molecule has 0 spiro atoms. The molecule has 36 heavy (non-hydrogen) atoms. The molecule has 2 aromatic heterocycles. The monoisotopic (exact) mass is 502 g/mol. The van der Waals surface area contributed by atoms with Crippen molar-refractivity contribution in [1.29, 1.82) is 0 Å². The van der Waals surface area contributed by atoms with Gasteiger partial charge in [-0.2, -0.15) is 0 Å². The summed E-state index contributed by atoms with van der Waals surface area (Å²) in [5.41, 5.74) is 4.66. The smallest absolute Gasteiger partial charge is 0.339 e. The van der Waals surface area contributed by atoms with E-state index in [0.29, 0.717) is 17.2 Å². The number of para-hydroxylation sites is 1. The van der Waals surface area contributed by atoms with Crippen LogP contribution >= 0.6 is 11.3 Å². The highest BCUT2D eigenvalue weighted by atomic mass is 32.1. The molecule has 0 unspecified atom stereocenters. The molecule has 1 N–H and O–H groups in total. The van der Waals surface area contributed by atoms with Gasteiger partial charge in [-0.05, 0) is 24.7 Å². The Hall–Kier alpha value is -3.82. The van der Waals surface area contributed by atoms with E-state index in [1.807, 2.05) is 53.9 Å². The number of aromatic nitrogens is 2. The Bertz CT molecular complexity index is 1430. The molecule has 4 aromatic rings. The summed E-state index contributed by atoms with van der Waals surface area (Å²) in [5, 5.41) is 5.74. The summed E-state index contributed by atoms with van der Waals surface area (Å²) < 4.78 is 10.8. The maximum absolute atomic E-state index is 13.3. The zero-order chi connectivity index (χ0) is 25.1. The predicted molar refractivity (Wildman–Crippen MR) is 139 cm³/mol. The maximum Gasteiger partial charge on any atom is 0.339 e. The van der Waals surface area contributed by atoms with Crippen LogP contribution in [0.1, 0.15) is 28.5 Å². The molecular formula is C27H26N4O4S. The van der Waals surface area contributed by atoms with Crippen LogP contribution < -0.4 is 10.1 Å². The van der Waals surface area contributed by atoms with Crippen molar-refractivity contribution in [1.82, 2.24) is 14.9 Å². The van der Waals surface area contributed by atoms with Crippen molar-refractivity contribution < 1.29 is 19.1 Å². The number of benzene rings is 2. The van der Waals surface area contributed by atoms with Crippen LogP contribution in [0.3, 0.4) is 0 Å². The fourth-order valence-electron chi connectivity index (χ4n) is 4.35. The number of carbonyl (C=O) groups excluding carboxylic acids is 2. The Balaban J connectivity index is 1.30. The summed E-state index contributed by atoms with van der Waals surface area (Å²) in [6.45, 7) is 4.11. The number of fused-ring (bicyclic) bond motifs is 2. The zero-order valence-corrected chi connectivity index (χ0v) is 20.9. The largest absolute Gasteiger partial charge is 0.497 e. The molecule has 0 atom stereocenters. The lowest BCUT2D eigenvalue weighted by atomic mass is 9.96. The van der Waals surface area contributed by atoms with Crippen molar-refractivity contribution in [2.24, 2.45) is 0 Å². The Morgan fingerprint density at radius 3 is 2.83 bits per heavy atom. The second-order valence-electron chi connectivity index (χ2n) is 8.44. The Labute approximate surface area is 212 Å². The second kappa shape index (κ2) is 10.4. The molecule has 0 bridgehead atoms. The van der Waals surface area contributed by atoms with E-state index in [-0.39, 0.29) is 0 Å². The third-order valence-electron chi connectivity index (χ3n) is 6.23. The Kier molecular flexibility index (Phi) is 6.92. The number of hydrogen-bond donors (Lipinski definition) is 1. The zero-order valence-electron chi connectivity index (χ0n) is 20.1. The van der Waals surface area contributed by atoms with E-state index >= 15 is 0 Å². The predicted octanol–water partition coefficient (Wildman–Crippen LogP) is 4.54. The number of anilines is 1. The standard InChI is InChI=1S/C27H26N4O4S/c1-3-31-12-11-22-20(14-31)25(19-9-4-5-10-21(19)28-22)26(33)35-15-24(32)30-27-29-23(16-36-27)17-7-6-8-18(13-17)34-2/h4-10,13,16H,3,11-12,14-15H2,1-2H3,(H,29,30,32). The van der Waals surface area contributed by atoms with Crippen LogP contribution in [-0.2, 0) is 22.5 Å². The van der Waals surface area contributed by atoms with Crippen molar-refractivity contribution in [2.45, 2.75) is 19.9 Å². The molecule has 2 aromatic carbocycles. The Morgan fingerprint density at radius 2 is 2.00 bits per heavy atom. The minimum absolute atomic E-state index is 0.407. The SMILES string of the molecule is CCN1CCc2nc3ccccc3c(C(=O)OCC(=O)Nc3nc(-c4cccc(OC)c4)cs3)c2C1. The van der Waals surface area contributed by atoms with Crippen molar-refractivity contribution in [3.63, 3.8) is 0 Å². The molecule has 0 radical (unpaired) electrons. The highest BCUT2D eigenvalue weighted by Gasteiger charge is 2.26. The van der Waals surface area contributed by atoms with Crippen molar-refractivity contribution in [3.8, 4) is 17.0 Å². The van der Waals surface area contributed by atoms with Crippen molar-refractivity contribution >= 4 is 39.2 Å². The molecular weight excluding hydrogens is 476 g/mol. The summed E-state index contributed by atoms with van der Waals surface area (Å²) >= 11 is 1.30. The van der Waals surface area contributed by atoms with E-state index in [9.17, 15) is 9.59 Å². The van der Waals surface area contributed by atoms with Gasteiger partial charge in [0.1, 0.15) is 5.75 Å². The first-order chi connectivity index (χ1) is 17.6. The molecule has 1 aliphatic rings. The van der Waals surface area contributed by atoms with Gasteiger partial charge in [-0.1, -0.05) is 37.3 Å². The fraction of sp³-hybridized carbons (Fsp3) is 0.259. The average Bonchev–Trinajstić information content (AvgIpc) is 3.38. The first-order valence-corrected chi connectivity index (χ1v) is 12.6. The van der Waals surface area contributed by atoms with Crippen LogP contribution in [0.2, 0.25) is 0 Å². The minimum atomic E-state index is -0.519. The summed E-state index contributed by atoms with van der Waals surface area (Å²) in [6.07, 6.45) is 0.772. The fourth-order valence-corrected chi connectivity index (χ4v) is 5.09. The van der Waals surface area contributed by atoms with Crippen LogP contribution in [-0.4, -0.2) is 53.6 Å². The molecule has 0 saturated carbocycles. The average molecular weight is 503 g/mol. The maximum atomic E-state index is 13.3. The molecule has 5 rings (SSSR count). The lowest BCUT2D eigenvalue weighted by molar-refractivity contribution is -0.119. The summed E-state index contributed by atoms with van der Waals surface area (Å²) in [5.74, 6) is -0.239. The first-order valence-electron chi connectivity index (χ1n) is 11.8. The number of esters is 1. The van der Waals surface area contributed by atoms with Gasteiger partial charge in [-0.3, -0.25) is 20.0 Å². The Morgan fingerprint density at radius 1 is 1.14 bits per heavy atom. The highest BCUT2D eigenvalue weighted by Crippen LogP contribution is 2.29. The van der Waals surface area contributed by atoms with Gasteiger partial charge in [0.25, 0.3) is 5.91 Å². The molecule has 184 valence electrons. The van der Waals surface area contributed by atoms with Gasteiger partial charge in [-0.15, -0.1) is 11.3 Å². The molecule has 0 saturated heterocycles. The van der Waals surface area contributed by atoms with Gasteiger partial charge in [0.05, 0.1) is 23.9 Å². The van der Waals surface area contributed by atoms with Gasteiger partial charge >= 0.3 is 5.97 Å². The molecule has 1 aliphatic heterocycles. The van der Waals surface area contributed by atoms with E-state index < -0.39 is 18.5 Å². The number of carbonyl (C=O) groups is 2. The van der Waals surface area contributed by atoms with Crippen LogP contribution in [0.15, 0.2) is 53.9 Å². The van der Waals surface area contributed by atoms with Gasteiger partial charge in [-0.25, -0.2) is 9.78 Å². The van der Waals surface area contributed by atoms with Crippen LogP contribution in [0.25, 0.3) is 22.2 Å². The minimum Gasteiger partial charge on any atom is -0.497 e. The number of methoxy groups -OCH3 is 1. The number of amides is 1. The lowest BCUT2D eigenvalue weighted by Gasteiger charge is -2.28. The summed E-state index contributed by atoms with van der Waals surface area (Å²) in [6, 6.07) is 15.1. The summed E-state index contributed by atoms with van der Waals surface area (Å²) in [7, 11) is 1.61. The van der Waals surface area contributed by atoms with Gasteiger partial charge in [0.2, 0.25) is 0 Å². The highest BCUT2D eigenvalue weighted by molar-refractivity contribution is 7.14. The van der Waals surface area contributed by atoms with Crippen LogP contribution in [0.5, 0.6) is 5.75 Å². The molecule has 0 aliphatic carbocycles. The number of rotatable bonds is 7. The number of hydrogen-bond acceptors (Lipinski definition) is 8. The van der Waals surface area contributed by atoms with E-state index in [2.05, 4.69) is 22.1 Å². The van der Waals surface area contributed by atoms with E-state index in [1.54, 1.807) is 7.11 Å². The van der Waals surface area contributed by atoms with Crippen molar-refractivity contribution in [3.05, 3.63) is 70.7 Å². The quantitative estimate of drug-likeness (QED) is 0.371. The number of likely N-dealkylation sites (N-methyl/N-ethyl adjacent to an activating group) is 1. The van der Waals surface area contributed by atoms with Crippen LogP contribution in [0.4, 0.5) is 5.13 Å².